The number of aliphatic hydroxyl groups excluding tert-OH is 2. The number of carbonyl (C=O) groups is 3. The Kier molecular flexibility index (Phi) is 4.65. The Bertz CT molecular complexity index is 852. The second-order valence-electron chi connectivity index (χ2n) is 7.52. The highest BCUT2D eigenvalue weighted by atomic mass is 16.6. The van der Waals surface area contributed by atoms with E-state index in [2.05, 4.69) is 5.32 Å². The summed E-state index contributed by atoms with van der Waals surface area (Å²) >= 11 is 0. The summed E-state index contributed by atoms with van der Waals surface area (Å²) in [6, 6.07) is -0.0364. The Morgan fingerprint density at radius 1 is 1.41 bits per heavy atom. The molecule has 5 N–H and O–H groups in total. The van der Waals surface area contributed by atoms with Crippen LogP contribution >= 0.6 is 0 Å². The monoisotopic (exact) mass is 409 g/mol. The van der Waals surface area contributed by atoms with Crippen molar-refractivity contribution in [1.29, 1.82) is 0 Å². The number of allylic oxidation sites excluding steroid dienone is 2. The fourth-order valence-electron chi connectivity index (χ4n) is 4.67. The van der Waals surface area contributed by atoms with E-state index in [-0.39, 0.29) is 47.9 Å². The predicted octanol–water partition coefficient (Wildman–Crippen LogP) is -2.24. The molecule has 11 nitrogen and oxygen atoms in total. The van der Waals surface area contributed by atoms with Crippen LogP contribution in [0.15, 0.2) is 22.6 Å². The van der Waals surface area contributed by atoms with Crippen LogP contribution in [0.5, 0.6) is 0 Å². The molecule has 0 spiro atoms. The van der Waals surface area contributed by atoms with Gasteiger partial charge >= 0.3 is 6.09 Å². The number of hydrogen-bond acceptors (Lipinski definition) is 10. The number of hydrogen-bond donors (Lipinski definition) is 4. The van der Waals surface area contributed by atoms with E-state index in [1.807, 2.05) is 0 Å². The van der Waals surface area contributed by atoms with Crippen LogP contribution in [-0.2, 0) is 23.8 Å². The molecule has 0 aromatic carbocycles. The molecule has 1 aliphatic carbocycles. The molecule has 11 heteroatoms. The molecule has 0 bridgehead atoms. The van der Waals surface area contributed by atoms with Crippen molar-refractivity contribution in [1.82, 2.24) is 10.2 Å². The van der Waals surface area contributed by atoms with Gasteiger partial charge in [-0.1, -0.05) is 0 Å². The first-order valence-electron chi connectivity index (χ1n) is 9.25. The van der Waals surface area contributed by atoms with E-state index in [0.29, 0.717) is 6.54 Å². The van der Waals surface area contributed by atoms with Crippen molar-refractivity contribution in [3.05, 3.63) is 22.6 Å². The number of methoxy groups -OCH3 is 1. The summed E-state index contributed by atoms with van der Waals surface area (Å²) in [4.78, 5) is 39.5. The van der Waals surface area contributed by atoms with E-state index in [0.717, 1.165) is 0 Å². The molecule has 4 rings (SSSR count). The van der Waals surface area contributed by atoms with Gasteiger partial charge in [0.2, 0.25) is 11.6 Å². The van der Waals surface area contributed by atoms with Crippen LogP contribution < -0.4 is 11.1 Å². The standard InChI is InChI=1S/C18H23N3O8/c1-7-13(24)12-11(14(25)15(7)28-5-8(23)4-22)9(6-29-17(19)26)18(27-2)16-10(20-16)3-21(12)18/h8-10,16,20,22-23H,3-6H2,1-2H3,(H2,19,26)/t8?,9?,10?,16?,18-/m1/s1. The van der Waals surface area contributed by atoms with Gasteiger partial charge in [-0.25, -0.2) is 4.79 Å². The quantitative estimate of drug-likeness (QED) is 0.266. The Labute approximate surface area is 166 Å². The number of amides is 1. The smallest absolute Gasteiger partial charge is 0.404 e. The van der Waals surface area contributed by atoms with Crippen LogP contribution in [0.25, 0.3) is 0 Å². The molecule has 2 saturated heterocycles. The number of nitrogens with zero attached hydrogens (tertiary/aromatic N) is 1. The van der Waals surface area contributed by atoms with Gasteiger partial charge in [-0.05, 0) is 6.92 Å². The van der Waals surface area contributed by atoms with E-state index >= 15 is 0 Å². The molecule has 4 aliphatic rings. The molecule has 0 aromatic rings. The van der Waals surface area contributed by atoms with Crippen molar-refractivity contribution < 1.29 is 38.8 Å². The molecule has 29 heavy (non-hydrogen) atoms. The first-order valence-corrected chi connectivity index (χ1v) is 9.25. The SMILES string of the molecule is CO[C@@]12C(COC(N)=O)C3=C(C(=O)C(C)=C(OCC(O)CO)C3=O)N1CC1NC12. The third-order valence-electron chi connectivity index (χ3n) is 6.00. The van der Waals surface area contributed by atoms with Gasteiger partial charge in [0.15, 0.2) is 11.5 Å². The van der Waals surface area contributed by atoms with Crippen molar-refractivity contribution >= 4 is 17.7 Å². The third kappa shape index (κ3) is 2.69. The summed E-state index contributed by atoms with van der Waals surface area (Å²) in [6.45, 7) is 0.803. The summed E-state index contributed by atoms with van der Waals surface area (Å²) in [7, 11) is 1.48. The number of rotatable bonds is 7. The largest absolute Gasteiger partial charge is 0.486 e. The first kappa shape index (κ1) is 19.8. The maximum Gasteiger partial charge on any atom is 0.404 e. The molecule has 0 saturated carbocycles. The van der Waals surface area contributed by atoms with Crippen LogP contribution in [-0.4, -0.2) is 90.2 Å². The van der Waals surface area contributed by atoms with Crippen LogP contribution in [0.2, 0.25) is 0 Å². The summed E-state index contributed by atoms with van der Waals surface area (Å²) < 4.78 is 16.3. The number of aliphatic hydroxyl groups is 2. The van der Waals surface area contributed by atoms with Crippen LogP contribution in [0.4, 0.5) is 4.79 Å². The van der Waals surface area contributed by atoms with E-state index < -0.39 is 42.0 Å². The number of primary amides is 1. The number of piperazine rings is 1. The average molecular weight is 409 g/mol. The summed E-state index contributed by atoms with van der Waals surface area (Å²) in [6.07, 6.45) is -2.20. The van der Waals surface area contributed by atoms with E-state index in [1.54, 1.807) is 4.90 Å². The van der Waals surface area contributed by atoms with Crippen molar-refractivity contribution in [3.8, 4) is 0 Å². The Balaban J connectivity index is 1.73. The van der Waals surface area contributed by atoms with Gasteiger partial charge in [-0.15, -0.1) is 0 Å². The van der Waals surface area contributed by atoms with Crippen molar-refractivity contribution in [3.63, 3.8) is 0 Å². The molecule has 0 aromatic heterocycles. The van der Waals surface area contributed by atoms with Crippen molar-refractivity contribution in [2.24, 2.45) is 11.7 Å². The number of nitrogens with two attached hydrogens (primary N) is 1. The zero-order valence-corrected chi connectivity index (χ0v) is 16.0. The molecule has 158 valence electrons. The van der Waals surface area contributed by atoms with E-state index in [4.69, 9.17) is 25.1 Å². The Morgan fingerprint density at radius 2 is 2.14 bits per heavy atom. The molecule has 2 fully saturated rings. The van der Waals surface area contributed by atoms with E-state index in [9.17, 15) is 19.5 Å². The molecular weight excluding hydrogens is 386 g/mol. The summed E-state index contributed by atoms with van der Waals surface area (Å²) in [5.41, 5.74) is 4.54. The Hall–Kier alpha value is -2.47. The van der Waals surface area contributed by atoms with Crippen molar-refractivity contribution in [2.75, 3.05) is 33.5 Å². The van der Waals surface area contributed by atoms with E-state index in [1.165, 1.54) is 14.0 Å². The van der Waals surface area contributed by atoms with Crippen LogP contribution in [0.1, 0.15) is 6.92 Å². The minimum absolute atomic E-state index is 0.101. The minimum Gasteiger partial charge on any atom is -0.486 e. The van der Waals surface area contributed by atoms with Gasteiger partial charge in [0.05, 0.1) is 24.3 Å². The maximum absolute atomic E-state index is 13.3. The van der Waals surface area contributed by atoms with Crippen molar-refractivity contribution in [2.45, 2.75) is 30.8 Å². The van der Waals surface area contributed by atoms with Gasteiger partial charge in [0.25, 0.3) is 0 Å². The summed E-state index contributed by atoms with van der Waals surface area (Å²) in [5.74, 6) is -1.88. The minimum atomic E-state index is -1.20. The second kappa shape index (κ2) is 6.80. The Morgan fingerprint density at radius 3 is 2.76 bits per heavy atom. The lowest BCUT2D eigenvalue weighted by Crippen LogP contribution is -2.55. The molecule has 4 unspecified atom stereocenters. The van der Waals surface area contributed by atoms with Gasteiger partial charge in [-0.3, -0.25) is 9.59 Å². The zero-order valence-electron chi connectivity index (χ0n) is 16.0. The summed E-state index contributed by atoms with van der Waals surface area (Å²) in [5, 5.41) is 21.8. The molecular formula is C18H23N3O8. The molecule has 0 radical (unpaired) electrons. The van der Waals surface area contributed by atoms with Gasteiger partial charge in [0.1, 0.15) is 19.3 Å². The molecule has 1 amide bonds. The van der Waals surface area contributed by atoms with Crippen LogP contribution in [0, 0.1) is 5.92 Å². The number of carbonyl (C=O) groups excluding carboxylic acids is 3. The predicted molar refractivity (Wildman–Crippen MR) is 95.0 cm³/mol. The third-order valence-corrected chi connectivity index (χ3v) is 6.00. The van der Waals surface area contributed by atoms with Gasteiger partial charge in [0, 0.05) is 30.8 Å². The van der Waals surface area contributed by atoms with Gasteiger partial charge in [-0.2, -0.15) is 0 Å². The highest BCUT2D eigenvalue weighted by Gasteiger charge is 2.72. The zero-order chi connectivity index (χ0) is 21.1. The topological polar surface area (TPSA) is 171 Å². The highest BCUT2D eigenvalue weighted by molar-refractivity contribution is 6.25. The maximum atomic E-state index is 13.3. The second-order valence-corrected chi connectivity index (χ2v) is 7.52. The number of Topliss-reactive ketones (excluding diaryl/α,β-unsaturated/α-hetero) is 2. The fraction of sp³-hybridized carbons (Fsp3) is 0.611. The number of nitrogens with one attached hydrogen (secondary N) is 1. The van der Waals surface area contributed by atoms with Crippen LogP contribution in [0.3, 0.4) is 0 Å². The first-order chi connectivity index (χ1) is 13.8. The molecule has 3 aliphatic heterocycles. The highest BCUT2D eigenvalue weighted by Crippen LogP contribution is 2.55. The molecule has 3 heterocycles. The number of ketones is 2. The average Bonchev–Trinajstić information content (AvgIpc) is 3.30. The lowest BCUT2D eigenvalue weighted by atomic mass is 9.83. The van der Waals surface area contributed by atoms with Gasteiger partial charge < -0.3 is 40.4 Å². The lowest BCUT2D eigenvalue weighted by molar-refractivity contribution is -0.137. The fourth-order valence-corrected chi connectivity index (χ4v) is 4.67. The normalized spacial score (nSPS) is 33.5. The lowest BCUT2D eigenvalue weighted by Gasteiger charge is -2.39. The number of ether oxygens (including phenoxy) is 3. The molecule has 5 atom stereocenters. The number of fused-ring (bicyclic) bond motifs is 4.